The number of methoxy groups -OCH3 is 2. The monoisotopic (exact) mass is 395 g/mol. The second kappa shape index (κ2) is 7.87. The molecule has 0 bridgehead atoms. The van der Waals surface area contributed by atoms with E-state index < -0.39 is 11.7 Å². The van der Waals surface area contributed by atoms with E-state index in [0.717, 1.165) is 54.1 Å². The Bertz CT molecular complexity index is 956. The Morgan fingerprint density at radius 2 is 1.93 bits per heavy atom. The molecule has 6 nitrogen and oxygen atoms in total. The summed E-state index contributed by atoms with van der Waals surface area (Å²) in [5.41, 5.74) is 3.45. The maximum atomic E-state index is 12.7. The van der Waals surface area contributed by atoms with Crippen LogP contribution >= 0.6 is 0 Å². The van der Waals surface area contributed by atoms with Crippen LogP contribution in [0.3, 0.4) is 0 Å². The van der Waals surface area contributed by atoms with Gasteiger partial charge in [-0.3, -0.25) is 14.5 Å². The Hall–Kier alpha value is -2.86. The van der Waals surface area contributed by atoms with Crippen molar-refractivity contribution in [3.8, 4) is 11.5 Å². The average Bonchev–Trinajstić information content (AvgIpc) is 3.31. The zero-order valence-corrected chi connectivity index (χ0v) is 17.2. The van der Waals surface area contributed by atoms with Crippen molar-refractivity contribution in [2.75, 3.05) is 32.3 Å². The highest BCUT2D eigenvalue weighted by molar-refractivity contribution is 6.52. The maximum absolute atomic E-state index is 12.7. The molecule has 1 fully saturated rings. The first-order chi connectivity index (χ1) is 14.1. The molecule has 2 atom stereocenters. The number of nitrogens with zero attached hydrogens (tertiary/aromatic N) is 1. The molecule has 0 radical (unpaired) electrons. The Labute approximate surface area is 171 Å². The van der Waals surface area contributed by atoms with Crippen LogP contribution in [-0.2, 0) is 11.2 Å². The first-order valence-corrected chi connectivity index (χ1v) is 10.1. The lowest BCUT2D eigenvalue weighted by Crippen LogP contribution is -3.12. The fourth-order valence-corrected chi connectivity index (χ4v) is 4.51. The first-order valence-electron chi connectivity index (χ1n) is 10.1. The lowest BCUT2D eigenvalue weighted by Gasteiger charge is -2.27. The quantitative estimate of drug-likeness (QED) is 0.762. The number of carbonyl (C=O) groups is 2. The number of amides is 1. The molecule has 29 heavy (non-hydrogen) atoms. The Balaban J connectivity index is 1.62. The number of ether oxygens (including phenoxy) is 2. The Morgan fingerprint density at radius 3 is 2.66 bits per heavy atom. The molecule has 2 aromatic carbocycles. The van der Waals surface area contributed by atoms with Crippen molar-refractivity contribution in [2.45, 2.75) is 32.2 Å². The van der Waals surface area contributed by atoms with Crippen LogP contribution in [0.15, 0.2) is 36.4 Å². The Kier molecular flexibility index (Phi) is 5.28. The van der Waals surface area contributed by atoms with Gasteiger partial charge < -0.3 is 14.4 Å². The van der Waals surface area contributed by atoms with Gasteiger partial charge in [0.25, 0.3) is 5.78 Å². The molecule has 1 amide bonds. The molecule has 0 spiro atoms. The van der Waals surface area contributed by atoms with Crippen LogP contribution in [0.4, 0.5) is 5.69 Å². The molecule has 2 aliphatic rings. The molecule has 4 rings (SSSR count). The summed E-state index contributed by atoms with van der Waals surface area (Å²) in [5, 5.41) is 0. The predicted octanol–water partition coefficient (Wildman–Crippen LogP) is 2.17. The fourth-order valence-electron chi connectivity index (χ4n) is 4.51. The van der Waals surface area contributed by atoms with Gasteiger partial charge in [0.15, 0.2) is 6.67 Å². The van der Waals surface area contributed by atoms with E-state index in [0.29, 0.717) is 12.2 Å². The van der Waals surface area contributed by atoms with Crippen molar-refractivity contribution in [1.29, 1.82) is 0 Å². The van der Waals surface area contributed by atoms with Gasteiger partial charge in [0.05, 0.1) is 37.6 Å². The van der Waals surface area contributed by atoms with Crippen LogP contribution in [0.1, 0.15) is 47.3 Å². The standard InChI is InChI=1S/C23H26N2O4/c1-4-15-7-10-20-18(12-15)22(26)23(27)25(20)14-24-11-5-6-19(24)17-9-8-16(28-2)13-21(17)29-3/h7-10,12-13,19H,4-6,11,14H2,1-3H3/p+1/t19-/m0/s1. The van der Waals surface area contributed by atoms with Gasteiger partial charge in [-0.05, 0) is 36.2 Å². The number of rotatable bonds is 6. The molecule has 0 aromatic heterocycles. The number of likely N-dealkylation sites (tertiary alicyclic amines) is 1. The molecule has 2 aromatic rings. The summed E-state index contributed by atoms with van der Waals surface area (Å²) in [6, 6.07) is 11.9. The highest BCUT2D eigenvalue weighted by Crippen LogP contribution is 2.33. The van der Waals surface area contributed by atoms with E-state index in [-0.39, 0.29) is 6.04 Å². The number of nitrogens with one attached hydrogen (secondary N) is 1. The van der Waals surface area contributed by atoms with Gasteiger partial charge >= 0.3 is 5.91 Å². The molecule has 2 aliphatic heterocycles. The van der Waals surface area contributed by atoms with Gasteiger partial charge in [-0.2, -0.15) is 0 Å². The predicted molar refractivity (Wildman–Crippen MR) is 110 cm³/mol. The molecule has 6 heteroatoms. The third kappa shape index (κ3) is 3.38. The number of carbonyl (C=O) groups excluding carboxylic acids is 2. The van der Waals surface area contributed by atoms with Gasteiger partial charge in [-0.1, -0.05) is 13.0 Å². The van der Waals surface area contributed by atoms with Crippen LogP contribution < -0.4 is 19.3 Å². The van der Waals surface area contributed by atoms with Crippen molar-refractivity contribution >= 4 is 17.4 Å². The molecular formula is C23H27N2O4+. The van der Waals surface area contributed by atoms with Gasteiger partial charge in [0.2, 0.25) is 0 Å². The molecule has 1 N–H and O–H groups in total. The summed E-state index contributed by atoms with van der Waals surface area (Å²) in [6.07, 6.45) is 2.91. The molecule has 0 aliphatic carbocycles. The third-order valence-corrected chi connectivity index (χ3v) is 6.10. The van der Waals surface area contributed by atoms with E-state index in [4.69, 9.17) is 9.47 Å². The van der Waals surface area contributed by atoms with Crippen LogP contribution in [0.25, 0.3) is 0 Å². The highest BCUT2D eigenvalue weighted by Gasteiger charge is 2.41. The average molecular weight is 395 g/mol. The third-order valence-electron chi connectivity index (χ3n) is 6.10. The second-order valence-electron chi connectivity index (χ2n) is 7.64. The van der Waals surface area contributed by atoms with E-state index >= 15 is 0 Å². The van der Waals surface area contributed by atoms with Crippen molar-refractivity contribution in [1.82, 2.24) is 0 Å². The minimum absolute atomic E-state index is 0.206. The van der Waals surface area contributed by atoms with E-state index in [1.54, 1.807) is 19.1 Å². The smallest absolute Gasteiger partial charge is 0.303 e. The summed E-state index contributed by atoms with van der Waals surface area (Å²) in [7, 11) is 3.30. The molecule has 1 unspecified atom stereocenters. The van der Waals surface area contributed by atoms with Crippen LogP contribution in [0, 0.1) is 0 Å². The fraction of sp³-hybridized carbons (Fsp3) is 0.391. The van der Waals surface area contributed by atoms with Crippen molar-refractivity contribution in [3.05, 3.63) is 53.1 Å². The van der Waals surface area contributed by atoms with Crippen molar-refractivity contribution < 1.29 is 24.0 Å². The first kappa shape index (κ1) is 19.5. The summed E-state index contributed by atoms with van der Waals surface area (Å²) < 4.78 is 10.9. The number of Topliss-reactive ketones (excluding diaryl/α,β-unsaturated/α-hetero) is 1. The molecule has 1 saturated heterocycles. The van der Waals surface area contributed by atoms with Crippen LogP contribution in [0.5, 0.6) is 11.5 Å². The SMILES string of the molecule is CCc1ccc2c(c1)C(=O)C(=O)N2C[NH+]1CCC[C@H]1c1ccc(OC)cc1OC. The van der Waals surface area contributed by atoms with E-state index in [2.05, 4.69) is 0 Å². The zero-order chi connectivity index (χ0) is 20.5. The summed E-state index contributed by atoms with van der Waals surface area (Å²) >= 11 is 0. The lowest BCUT2D eigenvalue weighted by molar-refractivity contribution is -0.917. The van der Waals surface area contributed by atoms with E-state index in [1.807, 2.05) is 43.3 Å². The zero-order valence-electron chi connectivity index (χ0n) is 17.2. The topological polar surface area (TPSA) is 60.3 Å². The molecule has 0 saturated carbocycles. The molecule has 2 heterocycles. The van der Waals surface area contributed by atoms with Crippen LogP contribution in [-0.4, -0.2) is 39.1 Å². The number of quaternary nitrogens is 1. The largest absolute Gasteiger partial charge is 0.497 e. The summed E-state index contributed by atoms with van der Waals surface area (Å²) in [6.45, 7) is 3.46. The number of anilines is 1. The second-order valence-corrected chi connectivity index (χ2v) is 7.64. The minimum atomic E-state index is -0.423. The summed E-state index contributed by atoms with van der Waals surface area (Å²) in [4.78, 5) is 28.2. The molecule has 152 valence electrons. The number of benzene rings is 2. The highest BCUT2D eigenvalue weighted by atomic mass is 16.5. The van der Waals surface area contributed by atoms with Crippen molar-refractivity contribution in [2.24, 2.45) is 0 Å². The number of fused-ring (bicyclic) bond motifs is 1. The van der Waals surface area contributed by atoms with Crippen LogP contribution in [0.2, 0.25) is 0 Å². The van der Waals surface area contributed by atoms with Gasteiger partial charge in [-0.25, -0.2) is 0 Å². The number of hydrogen-bond acceptors (Lipinski definition) is 4. The molecular weight excluding hydrogens is 368 g/mol. The van der Waals surface area contributed by atoms with E-state index in [1.165, 1.54) is 4.90 Å². The minimum Gasteiger partial charge on any atom is -0.497 e. The summed E-state index contributed by atoms with van der Waals surface area (Å²) in [5.74, 6) is 0.734. The van der Waals surface area contributed by atoms with Gasteiger partial charge in [0.1, 0.15) is 17.5 Å². The lowest BCUT2D eigenvalue weighted by atomic mass is 10.0. The van der Waals surface area contributed by atoms with E-state index in [9.17, 15) is 9.59 Å². The van der Waals surface area contributed by atoms with Crippen molar-refractivity contribution in [3.63, 3.8) is 0 Å². The van der Waals surface area contributed by atoms with Gasteiger partial charge in [0, 0.05) is 18.9 Å². The Morgan fingerprint density at radius 1 is 1.10 bits per heavy atom. The normalized spacial score (nSPS) is 20.9. The number of ketones is 1. The number of aryl methyl sites for hydroxylation is 1. The van der Waals surface area contributed by atoms with Gasteiger partial charge in [-0.15, -0.1) is 0 Å². The maximum Gasteiger partial charge on any atom is 0.303 e. The number of hydrogen-bond donors (Lipinski definition) is 1.